The summed E-state index contributed by atoms with van der Waals surface area (Å²) in [6.07, 6.45) is 1.77. The van der Waals surface area contributed by atoms with Crippen molar-refractivity contribution in [1.82, 2.24) is 9.78 Å². The van der Waals surface area contributed by atoms with Gasteiger partial charge < -0.3 is 14.0 Å². The number of ether oxygens (including phenoxy) is 1. The van der Waals surface area contributed by atoms with Gasteiger partial charge in [0.2, 0.25) is 5.88 Å². The highest BCUT2D eigenvalue weighted by atomic mass is 16.7. The molecule has 0 N–H and O–H groups in total. The van der Waals surface area contributed by atoms with Crippen LogP contribution in [0.4, 0.5) is 0 Å². The third kappa shape index (κ3) is 1.51. The Balaban J connectivity index is 1.92. The fraction of sp³-hybridized carbons (Fsp3) is 0.727. The summed E-state index contributed by atoms with van der Waals surface area (Å²) < 4.78 is 19.4. The van der Waals surface area contributed by atoms with E-state index in [1.54, 1.807) is 6.20 Å². The van der Waals surface area contributed by atoms with E-state index in [1.165, 1.54) is 0 Å². The summed E-state index contributed by atoms with van der Waals surface area (Å²) in [5, 5.41) is 4.27. The van der Waals surface area contributed by atoms with Crippen LogP contribution in [0.15, 0.2) is 6.20 Å². The zero-order valence-corrected chi connectivity index (χ0v) is 10.7. The SMILES string of the molecule is CC1(C)OB(c2cnn3c2OCC3)OC1(C)C. The van der Waals surface area contributed by atoms with Crippen LogP contribution in [0, 0.1) is 0 Å². The predicted octanol–water partition coefficient (Wildman–Crippen LogP) is 0.575. The second kappa shape index (κ2) is 3.26. The first-order chi connectivity index (χ1) is 7.91. The molecular formula is C11H17BN2O3. The summed E-state index contributed by atoms with van der Waals surface area (Å²) in [4.78, 5) is 0. The van der Waals surface area contributed by atoms with Crippen molar-refractivity contribution < 1.29 is 14.0 Å². The van der Waals surface area contributed by atoms with Crippen molar-refractivity contribution in [2.45, 2.75) is 45.4 Å². The summed E-state index contributed by atoms with van der Waals surface area (Å²) in [5.74, 6) is 0.781. The summed E-state index contributed by atoms with van der Waals surface area (Å²) in [6, 6.07) is 0. The monoisotopic (exact) mass is 236 g/mol. The second-order valence-electron chi connectivity index (χ2n) is 5.56. The number of aromatic nitrogens is 2. The average Bonchev–Trinajstić information content (AvgIpc) is 2.78. The third-order valence-corrected chi connectivity index (χ3v) is 3.87. The van der Waals surface area contributed by atoms with E-state index in [9.17, 15) is 0 Å². The van der Waals surface area contributed by atoms with Crippen molar-refractivity contribution in [1.29, 1.82) is 0 Å². The lowest BCUT2D eigenvalue weighted by Crippen LogP contribution is -2.41. The van der Waals surface area contributed by atoms with Crippen molar-refractivity contribution >= 4 is 12.6 Å². The molecule has 0 unspecified atom stereocenters. The fourth-order valence-electron chi connectivity index (χ4n) is 2.07. The molecule has 1 saturated heterocycles. The Morgan fingerprint density at radius 1 is 1.24 bits per heavy atom. The maximum Gasteiger partial charge on any atom is 0.502 e. The van der Waals surface area contributed by atoms with Gasteiger partial charge in [-0.1, -0.05) is 0 Å². The van der Waals surface area contributed by atoms with Gasteiger partial charge in [-0.2, -0.15) is 5.10 Å². The topological polar surface area (TPSA) is 45.5 Å². The molecule has 0 aliphatic carbocycles. The molecular weight excluding hydrogens is 219 g/mol. The van der Waals surface area contributed by atoms with Gasteiger partial charge in [0.15, 0.2) is 0 Å². The largest absolute Gasteiger partial charge is 0.502 e. The van der Waals surface area contributed by atoms with E-state index in [-0.39, 0.29) is 18.3 Å². The van der Waals surface area contributed by atoms with Gasteiger partial charge in [0.05, 0.1) is 29.4 Å². The summed E-state index contributed by atoms with van der Waals surface area (Å²) in [6.45, 7) is 9.63. The van der Waals surface area contributed by atoms with Crippen molar-refractivity contribution in [3.05, 3.63) is 6.20 Å². The molecule has 0 aromatic carbocycles. The fourth-order valence-corrected chi connectivity index (χ4v) is 2.07. The summed E-state index contributed by atoms with van der Waals surface area (Å²) in [5.41, 5.74) is 0.233. The normalized spacial score (nSPS) is 24.8. The highest BCUT2D eigenvalue weighted by molar-refractivity contribution is 6.63. The van der Waals surface area contributed by atoms with E-state index in [1.807, 2.05) is 32.4 Å². The quantitative estimate of drug-likeness (QED) is 0.669. The van der Waals surface area contributed by atoms with Crippen LogP contribution in [0.5, 0.6) is 5.88 Å². The average molecular weight is 236 g/mol. The number of hydrogen-bond donors (Lipinski definition) is 0. The molecule has 0 atom stereocenters. The number of rotatable bonds is 1. The zero-order chi connectivity index (χ0) is 12.3. The van der Waals surface area contributed by atoms with E-state index in [0.717, 1.165) is 17.9 Å². The molecule has 0 saturated carbocycles. The van der Waals surface area contributed by atoms with Gasteiger partial charge in [0.1, 0.15) is 6.61 Å². The van der Waals surface area contributed by atoms with Crippen molar-refractivity contribution in [2.24, 2.45) is 0 Å². The molecule has 2 aliphatic rings. The highest BCUT2D eigenvalue weighted by Gasteiger charge is 2.53. The number of fused-ring (bicyclic) bond motifs is 1. The Hall–Kier alpha value is -1.01. The minimum Gasteiger partial charge on any atom is -0.476 e. The van der Waals surface area contributed by atoms with Gasteiger partial charge >= 0.3 is 7.12 Å². The molecule has 3 rings (SSSR count). The van der Waals surface area contributed by atoms with Crippen LogP contribution >= 0.6 is 0 Å². The molecule has 6 heteroatoms. The first-order valence-electron chi connectivity index (χ1n) is 5.95. The van der Waals surface area contributed by atoms with E-state index in [2.05, 4.69) is 5.10 Å². The first kappa shape index (κ1) is 11.1. The van der Waals surface area contributed by atoms with Crippen LogP contribution in [0.3, 0.4) is 0 Å². The molecule has 3 heterocycles. The molecule has 1 aromatic rings. The molecule has 5 nitrogen and oxygen atoms in total. The summed E-state index contributed by atoms with van der Waals surface area (Å²) in [7, 11) is -0.387. The minimum atomic E-state index is -0.387. The Morgan fingerprint density at radius 2 is 1.88 bits per heavy atom. The third-order valence-electron chi connectivity index (χ3n) is 3.87. The van der Waals surface area contributed by atoms with Gasteiger partial charge in [-0.3, -0.25) is 0 Å². The van der Waals surface area contributed by atoms with Crippen LogP contribution < -0.4 is 10.2 Å². The van der Waals surface area contributed by atoms with Crippen LogP contribution in [-0.4, -0.2) is 34.7 Å². The van der Waals surface area contributed by atoms with Gasteiger partial charge in [-0.25, -0.2) is 4.68 Å². The van der Waals surface area contributed by atoms with Crippen LogP contribution in [0.2, 0.25) is 0 Å². The number of hydrogen-bond acceptors (Lipinski definition) is 4. The minimum absolute atomic E-state index is 0.328. The maximum atomic E-state index is 5.98. The molecule has 92 valence electrons. The Bertz CT molecular complexity index is 440. The Labute approximate surface area is 101 Å². The zero-order valence-electron chi connectivity index (χ0n) is 10.7. The van der Waals surface area contributed by atoms with Gasteiger partial charge in [0, 0.05) is 0 Å². The smallest absolute Gasteiger partial charge is 0.476 e. The molecule has 1 fully saturated rings. The van der Waals surface area contributed by atoms with E-state index >= 15 is 0 Å². The van der Waals surface area contributed by atoms with Crippen LogP contribution in [0.1, 0.15) is 27.7 Å². The first-order valence-corrected chi connectivity index (χ1v) is 5.95. The van der Waals surface area contributed by atoms with E-state index in [4.69, 9.17) is 14.0 Å². The lowest BCUT2D eigenvalue weighted by Gasteiger charge is -2.32. The molecule has 17 heavy (non-hydrogen) atoms. The van der Waals surface area contributed by atoms with Gasteiger partial charge in [0.25, 0.3) is 0 Å². The summed E-state index contributed by atoms with van der Waals surface area (Å²) >= 11 is 0. The molecule has 0 spiro atoms. The molecule has 0 amide bonds. The molecule has 0 bridgehead atoms. The van der Waals surface area contributed by atoms with Crippen molar-refractivity contribution in [2.75, 3.05) is 6.61 Å². The second-order valence-corrected chi connectivity index (χ2v) is 5.56. The van der Waals surface area contributed by atoms with E-state index < -0.39 is 0 Å². The Kier molecular flexibility index (Phi) is 2.13. The highest BCUT2D eigenvalue weighted by Crippen LogP contribution is 2.37. The van der Waals surface area contributed by atoms with Crippen LogP contribution in [0.25, 0.3) is 0 Å². The number of nitrogens with zero attached hydrogens (tertiary/aromatic N) is 2. The van der Waals surface area contributed by atoms with Crippen molar-refractivity contribution in [3.63, 3.8) is 0 Å². The molecule has 1 aromatic heterocycles. The standard InChI is InChI=1S/C11H17BN2O3/c1-10(2)11(3,4)17-12(16-10)8-7-13-14-5-6-15-9(8)14/h7H,5-6H2,1-4H3. The maximum absolute atomic E-state index is 5.98. The molecule has 0 radical (unpaired) electrons. The van der Waals surface area contributed by atoms with Gasteiger partial charge in [-0.15, -0.1) is 0 Å². The van der Waals surface area contributed by atoms with Crippen molar-refractivity contribution in [3.8, 4) is 5.88 Å². The van der Waals surface area contributed by atoms with Gasteiger partial charge in [-0.05, 0) is 27.7 Å². The van der Waals surface area contributed by atoms with Crippen LogP contribution in [-0.2, 0) is 15.9 Å². The lowest BCUT2D eigenvalue weighted by molar-refractivity contribution is 0.00578. The van der Waals surface area contributed by atoms with E-state index in [0.29, 0.717) is 6.61 Å². The lowest BCUT2D eigenvalue weighted by atomic mass is 9.81. The Morgan fingerprint density at radius 3 is 2.53 bits per heavy atom. The predicted molar refractivity (Wildman–Crippen MR) is 63.4 cm³/mol. The molecule has 2 aliphatic heterocycles.